The molecule has 282 valence electrons. The SMILES string of the molecule is CCCCCCCCCCN1C(=CC2=C(O)C(=CC3=[N+](CCCCCCCCCC)c4ccccc4C3(C)C)C2=O)C(C)(C)c2cc(C)c(C)cc21. The van der Waals surface area contributed by atoms with E-state index in [-0.39, 0.29) is 22.4 Å². The smallest absolute Gasteiger partial charge is 0.209 e. The van der Waals surface area contributed by atoms with Gasteiger partial charge in [0.1, 0.15) is 12.3 Å². The summed E-state index contributed by atoms with van der Waals surface area (Å²) in [5.41, 5.74) is 10.2. The second kappa shape index (κ2) is 17.6. The molecule has 52 heavy (non-hydrogen) atoms. The summed E-state index contributed by atoms with van der Waals surface area (Å²) >= 11 is 0. The molecule has 0 saturated heterocycles. The van der Waals surface area contributed by atoms with Crippen LogP contribution in [0.3, 0.4) is 0 Å². The number of carbonyl (C=O) groups is 1. The van der Waals surface area contributed by atoms with E-state index in [0.29, 0.717) is 11.1 Å². The number of hydrogen-bond acceptors (Lipinski definition) is 3. The first-order chi connectivity index (χ1) is 24.9. The molecule has 0 atom stereocenters. The number of carbonyl (C=O) groups excluding carboxylic acids is 1. The number of para-hydroxylation sites is 1. The van der Waals surface area contributed by atoms with Crippen LogP contribution in [0.2, 0.25) is 0 Å². The molecule has 2 aliphatic heterocycles. The van der Waals surface area contributed by atoms with Crippen LogP contribution in [-0.2, 0) is 15.6 Å². The Balaban J connectivity index is 1.40. The van der Waals surface area contributed by atoms with Gasteiger partial charge in [0.25, 0.3) is 0 Å². The molecule has 0 radical (unpaired) electrons. The highest BCUT2D eigenvalue weighted by Crippen LogP contribution is 2.50. The molecule has 2 heterocycles. The minimum atomic E-state index is -0.280. The minimum absolute atomic E-state index is 0.0533. The Morgan fingerprint density at radius 1 is 0.692 bits per heavy atom. The third-order valence-corrected chi connectivity index (χ3v) is 12.3. The maximum absolute atomic E-state index is 14.1. The quantitative estimate of drug-likeness (QED) is 0.0847. The number of ketones is 1. The zero-order chi connectivity index (χ0) is 37.5. The molecule has 0 bridgehead atoms. The van der Waals surface area contributed by atoms with E-state index in [9.17, 15) is 9.90 Å². The van der Waals surface area contributed by atoms with Crippen molar-refractivity contribution in [2.45, 2.75) is 169 Å². The number of aliphatic hydroxyl groups is 1. The standard InChI is InChI=1S/C48H68N2O2/c1-9-11-13-15-17-19-21-25-29-49-41-28-24-23-27-39(41)47(5,6)43(49)33-37-45(51)38(46(37)52)34-44-48(7,8)40-31-35(3)36(4)32-42(40)50(44)30-26-22-20-18-16-14-12-10-2/h23-24,27-28,31-34H,9-22,25-26,29-30H2,1-8H3/p+1. The van der Waals surface area contributed by atoms with Gasteiger partial charge in [0.05, 0.1) is 16.6 Å². The fourth-order valence-corrected chi connectivity index (χ4v) is 8.76. The van der Waals surface area contributed by atoms with Crippen LogP contribution in [0.25, 0.3) is 0 Å². The summed E-state index contributed by atoms with van der Waals surface area (Å²) in [4.78, 5) is 16.5. The van der Waals surface area contributed by atoms with Gasteiger partial charge in [0.2, 0.25) is 11.5 Å². The number of aryl methyl sites for hydroxylation is 2. The molecule has 4 heteroatoms. The Bertz CT molecular complexity index is 1720. The number of aliphatic hydroxyl groups excluding tert-OH is 1. The molecule has 5 rings (SSSR count). The highest BCUT2D eigenvalue weighted by atomic mass is 16.3. The van der Waals surface area contributed by atoms with E-state index in [0.717, 1.165) is 37.3 Å². The number of anilines is 1. The monoisotopic (exact) mass is 706 g/mol. The van der Waals surface area contributed by atoms with Crippen LogP contribution in [-0.4, -0.2) is 34.3 Å². The fourth-order valence-electron chi connectivity index (χ4n) is 8.76. The Hall–Kier alpha value is -3.40. The van der Waals surface area contributed by atoms with E-state index in [2.05, 4.69) is 101 Å². The number of hydrogen-bond donors (Lipinski definition) is 1. The van der Waals surface area contributed by atoms with Crippen molar-refractivity contribution in [2.24, 2.45) is 0 Å². The van der Waals surface area contributed by atoms with E-state index in [1.165, 1.54) is 124 Å². The van der Waals surface area contributed by atoms with Crippen LogP contribution in [0.15, 0.2) is 71.2 Å². The minimum Gasteiger partial charge on any atom is -0.506 e. The zero-order valence-corrected chi connectivity index (χ0v) is 34.1. The van der Waals surface area contributed by atoms with Crippen LogP contribution < -0.4 is 4.90 Å². The van der Waals surface area contributed by atoms with Gasteiger partial charge in [-0.15, -0.1) is 0 Å². The molecule has 2 aromatic rings. The molecule has 0 saturated carbocycles. The molecule has 0 aromatic heterocycles. The van der Waals surface area contributed by atoms with E-state index in [1.54, 1.807) is 0 Å². The van der Waals surface area contributed by atoms with E-state index < -0.39 is 0 Å². The molecule has 0 amide bonds. The summed E-state index contributed by atoms with van der Waals surface area (Å²) in [7, 11) is 0. The Labute approximate surface area is 316 Å². The van der Waals surface area contributed by atoms with Crippen LogP contribution in [0.4, 0.5) is 11.4 Å². The first kappa shape index (κ1) is 39.8. The number of benzene rings is 2. The Morgan fingerprint density at radius 3 is 1.87 bits per heavy atom. The van der Waals surface area contributed by atoms with E-state index >= 15 is 0 Å². The summed E-state index contributed by atoms with van der Waals surface area (Å²) in [5, 5.41) is 11.7. The zero-order valence-electron chi connectivity index (χ0n) is 34.1. The predicted molar refractivity (Wildman–Crippen MR) is 222 cm³/mol. The molecule has 2 aromatic carbocycles. The number of Topliss-reactive ketones (excluding diaryl/α,β-unsaturated/α-hetero) is 1. The maximum atomic E-state index is 14.1. The lowest BCUT2D eigenvalue weighted by atomic mass is 9.77. The first-order valence-electron chi connectivity index (χ1n) is 21.0. The molecule has 0 spiro atoms. The van der Waals surface area contributed by atoms with Gasteiger partial charge in [-0.3, -0.25) is 4.79 Å². The van der Waals surface area contributed by atoms with Crippen molar-refractivity contribution in [3.8, 4) is 0 Å². The van der Waals surface area contributed by atoms with Crippen LogP contribution in [0.5, 0.6) is 0 Å². The lowest BCUT2D eigenvalue weighted by Gasteiger charge is -2.29. The number of rotatable bonds is 20. The molecule has 1 aliphatic carbocycles. The van der Waals surface area contributed by atoms with Crippen molar-refractivity contribution < 1.29 is 14.5 Å². The van der Waals surface area contributed by atoms with Crippen molar-refractivity contribution in [2.75, 3.05) is 18.0 Å². The van der Waals surface area contributed by atoms with E-state index in [4.69, 9.17) is 0 Å². The molecular weight excluding hydrogens is 637 g/mol. The van der Waals surface area contributed by atoms with Crippen molar-refractivity contribution in [1.29, 1.82) is 0 Å². The van der Waals surface area contributed by atoms with Gasteiger partial charge in [0, 0.05) is 47.5 Å². The summed E-state index contributed by atoms with van der Waals surface area (Å²) in [5.74, 6) is 0.0809. The normalized spacial score (nSPS) is 18.9. The number of unbranched alkanes of at least 4 members (excludes halogenated alkanes) is 14. The van der Waals surface area contributed by atoms with Gasteiger partial charge in [-0.2, -0.15) is 4.58 Å². The van der Waals surface area contributed by atoms with Crippen molar-refractivity contribution in [3.63, 3.8) is 0 Å². The maximum Gasteiger partial charge on any atom is 0.209 e. The molecular formula is C48H69N2O2+. The topological polar surface area (TPSA) is 43.5 Å². The average molecular weight is 706 g/mol. The Kier molecular flexibility index (Phi) is 13.5. The largest absolute Gasteiger partial charge is 0.506 e. The van der Waals surface area contributed by atoms with E-state index in [1.807, 2.05) is 12.2 Å². The molecule has 0 fully saturated rings. The van der Waals surface area contributed by atoms with Crippen LogP contribution in [0, 0.1) is 13.8 Å². The highest BCUT2D eigenvalue weighted by Gasteiger charge is 2.47. The second-order valence-electron chi connectivity index (χ2n) is 17.0. The van der Waals surface area contributed by atoms with Gasteiger partial charge in [-0.05, 0) is 69.4 Å². The third kappa shape index (κ3) is 8.37. The van der Waals surface area contributed by atoms with Gasteiger partial charge >= 0.3 is 0 Å². The number of nitrogens with zero attached hydrogens (tertiary/aromatic N) is 2. The summed E-state index contributed by atoms with van der Waals surface area (Å²) in [6.07, 6.45) is 24.4. The number of fused-ring (bicyclic) bond motifs is 2. The van der Waals surface area contributed by atoms with Crippen molar-refractivity contribution in [3.05, 3.63) is 93.4 Å². The second-order valence-corrected chi connectivity index (χ2v) is 17.0. The van der Waals surface area contributed by atoms with Crippen LogP contribution >= 0.6 is 0 Å². The summed E-state index contributed by atoms with van der Waals surface area (Å²) in [6.45, 7) is 19.8. The first-order valence-corrected chi connectivity index (χ1v) is 21.0. The van der Waals surface area contributed by atoms with Crippen LogP contribution in [0.1, 0.15) is 167 Å². The average Bonchev–Trinajstić information content (AvgIpc) is 3.45. The fraction of sp³-hybridized carbons (Fsp3) is 0.583. The summed E-state index contributed by atoms with van der Waals surface area (Å²) in [6, 6.07) is 13.3. The van der Waals surface area contributed by atoms with Gasteiger partial charge < -0.3 is 10.0 Å². The molecule has 3 aliphatic rings. The lowest BCUT2D eigenvalue weighted by molar-refractivity contribution is -0.438. The lowest BCUT2D eigenvalue weighted by Crippen LogP contribution is -2.32. The van der Waals surface area contributed by atoms with Gasteiger partial charge in [-0.25, -0.2) is 0 Å². The number of allylic oxidation sites excluding steroid dienone is 5. The van der Waals surface area contributed by atoms with Gasteiger partial charge in [-0.1, -0.05) is 135 Å². The Morgan fingerprint density at radius 2 is 1.25 bits per heavy atom. The molecule has 0 unspecified atom stereocenters. The van der Waals surface area contributed by atoms with Gasteiger partial charge in [0.15, 0.2) is 5.71 Å². The third-order valence-electron chi connectivity index (χ3n) is 12.3. The highest BCUT2D eigenvalue weighted by molar-refractivity contribution is 6.24. The molecule has 4 nitrogen and oxygen atoms in total. The van der Waals surface area contributed by atoms with Crippen molar-refractivity contribution in [1.82, 2.24) is 0 Å². The molecule has 1 N–H and O–H groups in total. The summed E-state index contributed by atoms with van der Waals surface area (Å²) < 4.78 is 2.42. The van der Waals surface area contributed by atoms with Crippen molar-refractivity contribution >= 4 is 22.9 Å². The predicted octanol–water partition coefficient (Wildman–Crippen LogP) is 13.0.